The number of amidine groups is 1. The zero-order chi connectivity index (χ0) is 10.3. The van der Waals surface area contributed by atoms with Crippen molar-refractivity contribution in [1.29, 1.82) is 5.41 Å². The molecule has 1 fully saturated rings. The van der Waals surface area contributed by atoms with Crippen LogP contribution >= 0.6 is 11.8 Å². The van der Waals surface area contributed by atoms with Crippen LogP contribution in [0, 0.1) is 11.3 Å². The molecule has 0 aliphatic heterocycles. The van der Waals surface area contributed by atoms with Gasteiger partial charge in [-0.15, -0.1) is 0 Å². The van der Waals surface area contributed by atoms with Crippen molar-refractivity contribution in [3.05, 3.63) is 0 Å². The molecule has 76 valence electrons. The SMILES string of the molecule is CC[C@@H]1C(F)(F)[C@]1(CO)SC(=N)N. The first kappa shape index (κ1) is 10.7. The summed E-state index contributed by atoms with van der Waals surface area (Å²) in [6, 6.07) is 0. The third kappa shape index (κ3) is 1.32. The zero-order valence-electron chi connectivity index (χ0n) is 7.18. The van der Waals surface area contributed by atoms with Crippen molar-refractivity contribution in [1.82, 2.24) is 0 Å². The Morgan fingerprint density at radius 3 is 2.46 bits per heavy atom. The first-order valence-electron chi connectivity index (χ1n) is 3.94. The maximum absolute atomic E-state index is 13.1. The quantitative estimate of drug-likeness (QED) is 0.481. The van der Waals surface area contributed by atoms with Crippen LogP contribution in [0.3, 0.4) is 0 Å². The van der Waals surface area contributed by atoms with Crippen LogP contribution in [0.25, 0.3) is 0 Å². The second kappa shape index (κ2) is 3.09. The highest BCUT2D eigenvalue weighted by atomic mass is 32.2. The zero-order valence-corrected chi connectivity index (χ0v) is 8.00. The summed E-state index contributed by atoms with van der Waals surface area (Å²) in [6.07, 6.45) is 0.286. The molecular weight excluding hydrogens is 198 g/mol. The van der Waals surface area contributed by atoms with Crippen LogP contribution in [0.4, 0.5) is 8.78 Å². The van der Waals surface area contributed by atoms with E-state index in [0.29, 0.717) is 11.8 Å². The molecule has 13 heavy (non-hydrogen) atoms. The van der Waals surface area contributed by atoms with Gasteiger partial charge in [-0.1, -0.05) is 18.7 Å². The maximum Gasteiger partial charge on any atom is 0.270 e. The van der Waals surface area contributed by atoms with E-state index < -0.39 is 23.2 Å². The van der Waals surface area contributed by atoms with E-state index >= 15 is 0 Å². The number of thioether (sulfide) groups is 1. The third-order valence-corrected chi connectivity index (χ3v) is 3.69. The number of rotatable bonds is 3. The van der Waals surface area contributed by atoms with Crippen molar-refractivity contribution < 1.29 is 13.9 Å². The van der Waals surface area contributed by atoms with E-state index in [0.717, 1.165) is 0 Å². The summed E-state index contributed by atoms with van der Waals surface area (Å²) in [5.74, 6) is -3.76. The van der Waals surface area contributed by atoms with Crippen molar-refractivity contribution in [3.8, 4) is 0 Å². The molecule has 0 amide bonds. The second-order valence-electron chi connectivity index (χ2n) is 3.10. The van der Waals surface area contributed by atoms with Crippen molar-refractivity contribution in [2.75, 3.05) is 6.61 Å². The van der Waals surface area contributed by atoms with Gasteiger partial charge in [0.05, 0.1) is 6.61 Å². The number of aliphatic hydroxyl groups excluding tert-OH is 1. The van der Waals surface area contributed by atoms with E-state index in [2.05, 4.69) is 0 Å². The minimum absolute atomic E-state index is 0.286. The molecule has 0 spiro atoms. The van der Waals surface area contributed by atoms with Gasteiger partial charge < -0.3 is 10.8 Å². The van der Waals surface area contributed by atoms with Gasteiger partial charge in [0, 0.05) is 5.92 Å². The summed E-state index contributed by atoms with van der Waals surface area (Å²) >= 11 is 0.569. The number of hydrogen-bond acceptors (Lipinski definition) is 3. The molecule has 0 radical (unpaired) electrons. The van der Waals surface area contributed by atoms with E-state index in [1.165, 1.54) is 0 Å². The summed E-state index contributed by atoms with van der Waals surface area (Å²) < 4.78 is 24.8. The van der Waals surface area contributed by atoms with Gasteiger partial charge in [-0.3, -0.25) is 5.41 Å². The Balaban J connectivity index is 2.80. The monoisotopic (exact) mass is 210 g/mol. The molecule has 1 rings (SSSR count). The summed E-state index contributed by atoms with van der Waals surface area (Å²) in [4.78, 5) is 0. The maximum atomic E-state index is 13.1. The van der Waals surface area contributed by atoms with Gasteiger partial charge in [0.2, 0.25) is 0 Å². The largest absolute Gasteiger partial charge is 0.395 e. The van der Waals surface area contributed by atoms with Gasteiger partial charge in [0.1, 0.15) is 4.75 Å². The fourth-order valence-corrected chi connectivity index (χ4v) is 2.81. The smallest absolute Gasteiger partial charge is 0.270 e. The van der Waals surface area contributed by atoms with Crippen LogP contribution in [0.1, 0.15) is 13.3 Å². The van der Waals surface area contributed by atoms with Gasteiger partial charge in [0.25, 0.3) is 5.92 Å². The Kier molecular flexibility index (Phi) is 2.55. The molecule has 3 nitrogen and oxygen atoms in total. The van der Waals surface area contributed by atoms with Crippen molar-refractivity contribution in [2.45, 2.75) is 24.0 Å². The minimum Gasteiger partial charge on any atom is -0.395 e. The van der Waals surface area contributed by atoms with E-state index in [-0.39, 0.29) is 11.6 Å². The lowest BCUT2D eigenvalue weighted by Gasteiger charge is -2.10. The summed E-state index contributed by atoms with van der Waals surface area (Å²) in [5.41, 5.74) is 5.03. The second-order valence-corrected chi connectivity index (χ2v) is 4.47. The van der Waals surface area contributed by atoms with Crippen molar-refractivity contribution in [2.24, 2.45) is 11.7 Å². The Hall–Kier alpha value is -0.360. The van der Waals surface area contributed by atoms with E-state index in [9.17, 15) is 8.78 Å². The fourth-order valence-electron chi connectivity index (χ4n) is 1.68. The summed E-state index contributed by atoms with van der Waals surface area (Å²) in [6.45, 7) is 0.999. The molecule has 1 aliphatic rings. The Labute approximate surface area is 79.2 Å². The third-order valence-electron chi connectivity index (χ3n) is 2.42. The topological polar surface area (TPSA) is 70.1 Å². The predicted molar refractivity (Wildman–Crippen MR) is 48.0 cm³/mol. The van der Waals surface area contributed by atoms with E-state index in [1.807, 2.05) is 0 Å². The molecule has 0 bridgehead atoms. The number of alkyl halides is 2. The highest BCUT2D eigenvalue weighted by molar-refractivity contribution is 8.15. The standard InChI is InChI=1S/C7H12F2N2OS/c1-2-4-6(3-12,7(4,8)9)13-5(10)11/h4,12H,2-3H2,1H3,(H3,10,11)/t4-,6+/m0/s1. The normalized spacial score (nSPS) is 35.8. The first-order valence-corrected chi connectivity index (χ1v) is 4.75. The molecule has 0 aromatic rings. The molecule has 1 saturated carbocycles. The van der Waals surface area contributed by atoms with Gasteiger partial charge in [-0.2, -0.15) is 0 Å². The molecule has 6 heteroatoms. The number of nitrogens with two attached hydrogens (primary N) is 1. The number of halogens is 2. The van der Waals surface area contributed by atoms with Crippen molar-refractivity contribution >= 4 is 16.9 Å². The predicted octanol–water partition coefficient (Wildman–Crippen LogP) is 1.02. The fraction of sp³-hybridized carbons (Fsp3) is 0.857. The Bertz CT molecular complexity index is 237. The number of nitrogens with one attached hydrogen (secondary N) is 1. The van der Waals surface area contributed by atoms with Gasteiger partial charge >= 0.3 is 0 Å². The molecule has 0 heterocycles. The van der Waals surface area contributed by atoms with Crippen LogP contribution < -0.4 is 5.73 Å². The number of aliphatic hydroxyl groups is 1. The lowest BCUT2D eigenvalue weighted by atomic mass is 10.2. The van der Waals surface area contributed by atoms with Crippen LogP contribution in [0.5, 0.6) is 0 Å². The molecule has 1 aliphatic carbocycles. The Morgan fingerprint density at radius 1 is 1.69 bits per heavy atom. The van der Waals surface area contributed by atoms with Crippen LogP contribution in [-0.4, -0.2) is 27.6 Å². The minimum atomic E-state index is -2.90. The average Bonchev–Trinajstić information content (AvgIpc) is 2.46. The summed E-state index contributed by atoms with van der Waals surface area (Å²) in [7, 11) is 0. The van der Waals surface area contributed by atoms with Crippen LogP contribution in [0.2, 0.25) is 0 Å². The molecule has 0 saturated heterocycles. The first-order chi connectivity index (χ1) is 5.92. The molecular formula is C7H12F2N2OS. The van der Waals surface area contributed by atoms with Crippen LogP contribution in [0.15, 0.2) is 0 Å². The highest BCUT2D eigenvalue weighted by Crippen LogP contribution is 2.67. The van der Waals surface area contributed by atoms with Crippen molar-refractivity contribution in [3.63, 3.8) is 0 Å². The Morgan fingerprint density at radius 2 is 2.23 bits per heavy atom. The average molecular weight is 210 g/mol. The van der Waals surface area contributed by atoms with Gasteiger partial charge in [-0.25, -0.2) is 8.78 Å². The molecule has 0 aromatic heterocycles. The number of hydrogen-bond donors (Lipinski definition) is 3. The lowest BCUT2D eigenvalue weighted by molar-refractivity contribution is 0.0792. The summed E-state index contributed by atoms with van der Waals surface area (Å²) in [5, 5.41) is 15.5. The molecule has 4 N–H and O–H groups in total. The molecule has 0 aromatic carbocycles. The van der Waals surface area contributed by atoms with E-state index in [4.69, 9.17) is 16.2 Å². The van der Waals surface area contributed by atoms with Gasteiger partial charge in [-0.05, 0) is 6.42 Å². The molecule has 2 atom stereocenters. The lowest BCUT2D eigenvalue weighted by Crippen LogP contribution is -2.24. The van der Waals surface area contributed by atoms with Crippen LogP contribution in [-0.2, 0) is 0 Å². The van der Waals surface area contributed by atoms with Gasteiger partial charge in [0.15, 0.2) is 5.17 Å². The highest BCUT2D eigenvalue weighted by Gasteiger charge is 2.80. The van der Waals surface area contributed by atoms with E-state index in [1.54, 1.807) is 6.92 Å². The molecule has 0 unspecified atom stereocenters.